The zero-order valence-corrected chi connectivity index (χ0v) is 10.8. The molecular formula is C13H22N2O2. The van der Waals surface area contributed by atoms with Gasteiger partial charge in [-0.1, -0.05) is 25.1 Å². The van der Waals surface area contributed by atoms with Gasteiger partial charge in [-0.25, -0.2) is 0 Å². The fraction of sp³-hybridized carbons (Fsp3) is 0.538. The van der Waals surface area contributed by atoms with E-state index in [-0.39, 0.29) is 12.1 Å². The Morgan fingerprint density at radius 1 is 1.35 bits per heavy atom. The molecule has 96 valence electrons. The Hall–Kier alpha value is -1.10. The van der Waals surface area contributed by atoms with E-state index in [1.54, 1.807) is 7.11 Å². The molecule has 0 aromatic heterocycles. The number of hydrogen-bond donors (Lipinski definition) is 2. The van der Waals surface area contributed by atoms with Crippen molar-refractivity contribution in [2.45, 2.75) is 32.4 Å². The lowest BCUT2D eigenvalue weighted by Gasteiger charge is -2.24. The molecule has 0 saturated heterocycles. The third-order valence-corrected chi connectivity index (χ3v) is 2.74. The Kier molecular flexibility index (Phi) is 5.97. The summed E-state index contributed by atoms with van der Waals surface area (Å²) in [5, 5.41) is 0. The Labute approximate surface area is 103 Å². The molecule has 0 radical (unpaired) electrons. The van der Waals surface area contributed by atoms with E-state index >= 15 is 0 Å². The van der Waals surface area contributed by atoms with Crippen LogP contribution in [0.15, 0.2) is 24.3 Å². The van der Waals surface area contributed by atoms with Crippen molar-refractivity contribution in [1.29, 1.82) is 0 Å². The van der Waals surface area contributed by atoms with Gasteiger partial charge < -0.3 is 9.47 Å². The summed E-state index contributed by atoms with van der Waals surface area (Å²) >= 11 is 0. The predicted octanol–water partition coefficient (Wildman–Crippen LogP) is 2.01. The summed E-state index contributed by atoms with van der Waals surface area (Å²) in [5.74, 6) is 6.46. The maximum absolute atomic E-state index is 5.71. The molecule has 0 heterocycles. The molecule has 0 amide bonds. The van der Waals surface area contributed by atoms with Crippen LogP contribution in [0, 0.1) is 0 Å². The van der Waals surface area contributed by atoms with Crippen molar-refractivity contribution >= 4 is 0 Å². The van der Waals surface area contributed by atoms with Crippen molar-refractivity contribution in [1.82, 2.24) is 5.43 Å². The lowest BCUT2D eigenvalue weighted by molar-refractivity contribution is 0.0818. The van der Waals surface area contributed by atoms with E-state index in [2.05, 4.69) is 12.3 Å². The first kappa shape index (κ1) is 14.0. The van der Waals surface area contributed by atoms with Crippen LogP contribution in [0.25, 0.3) is 0 Å². The second-order valence-corrected chi connectivity index (χ2v) is 3.97. The maximum Gasteiger partial charge on any atom is 0.124 e. The van der Waals surface area contributed by atoms with Crippen LogP contribution < -0.4 is 16.0 Å². The van der Waals surface area contributed by atoms with Crippen molar-refractivity contribution in [3.8, 4) is 5.75 Å². The van der Waals surface area contributed by atoms with E-state index in [1.807, 2.05) is 31.2 Å². The van der Waals surface area contributed by atoms with Crippen LogP contribution in [0.5, 0.6) is 5.75 Å². The number of hydrogen-bond acceptors (Lipinski definition) is 4. The highest BCUT2D eigenvalue weighted by molar-refractivity contribution is 5.36. The highest BCUT2D eigenvalue weighted by Gasteiger charge is 2.20. The van der Waals surface area contributed by atoms with Crippen LogP contribution >= 0.6 is 0 Å². The SMILES string of the molecule is CCCOc1ccccc1C(NN)C(C)OC. The van der Waals surface area contributed by atoms with Crippen LogP contribution in [0.4, 0.5) is 0 Å². The van der Waals surface area contributed by atoms with Gasteiger partial charge in [0.05, 0.1) is 18.8 Å². The molecule has 4 heteroatoms. The number of ether oxygens (including phenoxy) is 2. The third kappa shape index (κ3) is 3.70. The molecule has 0 aliphatic heterocycles. The van der Waals surface area contributed by atoms with E-state index in [0.29, 0.717) is 6.61 Å². The van der Waals surface area contributed by atoms with E-state index in [0.717, 1.165) is 17.7 Å². The number of methoxy groups -OCH3 is 1. The molecule has 0 fully saturated rings. The minimum absolute atomic E-state index is 0.0219. The topological polar surface area (TPSA) is 56.5 Å². The van der Waals surface area contributed by atoms with Gasteiger partial charge in [-0.3, -0.25) is 11.3 Å². The Morgan fingerprint density at radius 3 is 2.65 bits per heavy atom. The van der Waals surface area contributed by atoms with Crippen molar-refractivity contribution in [3.05, 3.63) is 29.8 Å². The quantitative estimate of drug-likeness (QED) is 0.563. The van der Waals surface area contributed by atoms with E-state index in [9.17, 15) is 0 Å². The van der Waals surface area contributed by atoms with E-state index < -0.39 is 0 Å². The van der Waals surface area contributed by atoms with Gasteiger partial charge in [0.15, 0.2) is 0 Å². The van der Waals surface area contributed by atoms with Crippen molar-refractivity contribution in [2.24, 2.45) is 5.84 Å². The average Bonchev–Trinajstić information content (AvgIpc) is 2.38. The Balaban J connectivity index is 2.93. The summed E-state index contributed by atoms with van der Waals surface area (Å²) in [4.78, 5) is 0. The zero-order valence-electron chi connectivity index (χ0n) is 10.8. The molecule has 0 saturated carbocycles. The van der Waals surface area contributed by atoms with Crippen molar-refractivity contribution < 1.29 is 9.47 Å². The number of hydrazine groups is 1. The minimum atomic E-state index is -0.0759. The van der Waals surface area contributed by atoms with Gasteiger partial charge in [-0.05, 0) is 19.4 Å². The summed E-state index contributed by atoms with van der Waals surface area (Å²) in [6.45, 7) is 4.76. The van der Waals surface area contributed by atoms with E-state index in [4.69, 9.17) is 15.3 Å². The number of rotatable bonds is 7. The average molecular weight is 238 g/mol. The number of para-hydroxylation sites is 1. The maximum atomic E-state index is 5.71. The second-order valence-electron chi connectivity index (χ2n) is 3.97. The molecule has 0 bridgehead atoms. The first-order valence-electron chi connectivity index (χ1n) is 5.95. The third-order valence-electron chi connectivity index (χ3n) is 2.74. The Bertz CT molecular complexity index is 331. The molecule has 17 heavy (non-hydrogen) atoms. The minimum Gasteiger partial charge on any atom is -0.493 e. The van der Waals surface area contributed by atoms with Gasteiger partial charge in [0, 0.05) is 12.7 Å². The summed E-state index contributed by atoms with van der Waals surface area (Å²) in [6, 6.07) is 7.82. The van der Waals surface area contributed by atoms with Crippen molar-refractivity contribution in [2.75, 3.05) is 13.7 Å². The molecule has 2 unspecified atom stereocenters. The van der Waals surface area contributed by atoms with Gasteiger partial charge in [-0.2, -0.15) is 0 Å². The number of benzene rings is 1. The van der Waals surface area contributed by atoms with Gasteiger partial charge in [0.25, 0.3) is 0 Å². The van der Waals surface area contributed by atoms with Gasteiger partial charge in [0.2, 0.25) is 0 Å². The lowest BCUT2D eigenvalue weighted by Crippen LogP contribution is -2.36. The molecule has 1 aromatic carbocycles. The number of nitrogens with one attached hydrogen (secondary N) is 1. The molecule has 1 aromatic rings. The standard InChI is InChI=1S/C13H22N2O2/c1-4-9-17-12-8-6-5-7-11(12)13(15-14)10(2)16-3/h5-8,10,13,15H,4,9,14H2,1-3H3. The molecule has 0 aliphatic rings. The normalized spacial score (nSPS) is 14.4. The largest absolute Gasteiger partial charge is 0.493 e. The lowest BCUT2D eigenvalue weighted by atomic mass is 10.0. The van der Waals surface area contributed by atoms with Crippen molar-refractivity contribution in [3.63, 3.8) is 0 Å². The molecule has 0 aliphatic carbocycles. The second kappa shape index (κ2) is 7.27. The highest BCUT2D eigenvalue weighted by Crippen LogP contribution is 2.27. The van der Waals surface area contributed by atoms with Crippen LogP contribution in [0.2, 0.25) is 0 Å². The fourth-order valence-corrected chi connectivity index (χ4v) is 1.70. The summed E-state index contributed by atoms with van der Waals surface area (Å²) in [7, 11) is 1.67. The smallest absolute Gasteiger partial charge is 0.124 e. The Morgan fingerprint density at radius 2 is 2.06 bits per heavy atom. The van der Waals surface area contributed by atoms with Crippen LogP contribution in [0.1, 0.15) is 31.9 Å². The summed E-state index contributed by atoms with van der Waals surface area (Å²) in [5.41, 5.74) is 3.81. The molecule has 2 atom stereocenters. The summed E-state index contributed by atoms with van der Waals surface area (Å²) < 4.78 is 11.0. The zero-order chi connectivity index (χ0) is 12.7. The fourth-order valence-electron chi connectivity index (χ4n) is 1.70. The summed E-state index contributed by atoms with van der Waals surface area (Å²) in [6.07, 6.45) is 0.959. The monoisotopic (exact) mass is 238 g/mol. The van der Waals surface area contributed by atoms with Gasteiger partial charge in [0.1, 0.15) is 5.75 Å². The first-order chi connectivity index (χ1) is 8.24. The molecule has 4 nitrogen and oxygen atoms in total. The van der Waals surface area contributed by atoms with Crippen LogP contribution in [-0.4, -0.2) is 19.8 Å². The predicted molar refractivity (Wildman–Crippen MR) is 68.8 cm³/mol. The first-order valence-corrected chi connectivity index (χ1v) is 5.95. The van der Waals surface area contributed by atoms with Crippen LogP contribution in [-0.2, 0) is 4.74 Å². The molecule has 3 N–H and O–H groups in total. The molecule has 0 spiro atoms. The highest BCUT2D eigenvalue weighted by atomic mass is 16.5. The van der Waals surface area contributed by atoms with Crippen LogP contribution in [0.3, 0.4) is 0 Å². The molecular weight excluding hydrogens is 216 g/mol. The molecule has 1 rings (SSSR count). The van der Waals surface area contributed by atoms with Gasteiger partial charge >= 0.3 is 0 Å². The van der Waals surface area contributed by atoms with Gasteiger partial charge in [-0.15, -0.1) is 0 Å². The van der Waals surface area contributed by atoms with E-state index in [1.165, 1.54) is 0 Å². The number of nitrogens with two attached hydrogens (primary N) is 1.